The zero-order valence-corrected chi connectivity index (χ0v) is 8.14. The van der Waals surface area contributed by atoms with Gasteiger partial charge in [-0.3, -0.25) is 4.79 Å². The van der Waals surface area contributed by atoms with Crippen LogP contribution in [0.5, 0.6) is 0 Å². The van der Waals surface area contributed by atoms with E-state index in [1.807, 2.05) is 0 Å². The van der Waals surface area contributed by atoms with Crippen LogP contribution in [0.1, 0.15) is 16.8 Å². The Morgan fingerprint density at radius 2 is 1.81 bits per heavy atom. The Balaban J connectivity index is 2.22. The minimum atomic E-state index is -1.22. The van der Waals surface area contributed by atoms with Crippen LogP contribution in [0.3, 0.4) is 0 Å². The number of amides is 1. The van der Waals surface area contributed by atoms with E-state index < -0.39 is 28.9 Å². The number of nitrogens with one attached hydrogen (secondary N) is 1. The molecule has 1 aromatic carbocycles. The standard InChI is InChI=1S/C10H9F3N2O/c11-4-1-5(12)9(6(13)2-4)10(16)15-8-3-7(8)14/h1-2,7-8H,3,14H2,(H,15,16). The molecule has 2 rings (SSSR count). The zero-order valence-electron chi connectivity index (χ0n) is 8.14. The Kier molecular flexibility index (Phi) is 2.59. The quantitative estimate of drug-likeness (QED) is 0.794. The molecule has 6 heteroatoms. The van der Waals surface area contributed by atoms with Gasteiger partial charge in [0, 0.05) is 24.2 Å². The average Bonchev–Trinajstić information content (AvgIpc) is 2.79. The maximum Gasteiger partial charge on any atom is 0.257 e. The molecule has 0 radical (unpaired) electrons. The SMILES string of the molecule is NC1CC1NC(=O)c1c(F)cc(F)cc1F. The number of nitrogens with two attached hydrogens (primary N) is 1. The van der Waals surface area contributed by atoms with Gasteiger partial charge in [-0.15, -0.1) is 0 Å². The summed E-state index contributed by atoms with van der Waals surface area (Å²) in [4.78, 5) is 11.4. The highest BCUT2D eigenvalue weighted by atomic mass is 19.1. The largest absolute Gasteiger partial charge is 0.347 e. The van der Waals surface area contributed by atoms with Crippen LogP contribution in [-0.2, 0) is 0 Å². The van der Waals surface area contributed by atoms with Crippen LogP contribution >= 0.6 is 0 Å². The number of hydrogen-bond acceptors (Lipinski definition) is 2. The van der Waals surface area contributed by atoms with Crippen molar-refractivity contribution in [2.24, 2.45) is 5.73 Å². The molecule has 1 saturated carbocycles. The normalized spacial score (nSPS) is 23.0. The molecule has 3 N–H and O–H groups in total. The van der Waals surface area contributed by atoms with Crippen molar-refractivity contribution < 1.29 is 18.0 Å². The number of carbonyl (C=O) groups excluding carboxylic acids is 1. The second-order valence-electron chi connectivity index (χ2n) is 3.72. The fourth-order valence-corrected chi connectivity index (χ4v) is 1.38. The molecule has 2 unspecified atom stereocenters. The molecule has 1 aliphatic carbocycles. The van der Waals surface area contributed by atoms with Crippen molar-refractivity contribution in [3.05, 3.63) is 35.1 Å². The number of carbonyl (C=O) groups is 1. The summed E-state index contributed by atoms with van der Waals surface area (Å²) in [5, 5.41) is 2.35. The van der Waals surface area contributed by atoms with E-state index in [1.54, 1.807) is 0 Å². The number of benzene rings is 1. The summed E-state index contributed by atoms with van der Waals surface area (Å²) in [6.45, 7) is 0. The van der Waals surface area contributed by atoms with Gasteiger partial charge in [0.15, 0.2) is 0 Å². The van der Waals surface area contributed by atoms with E-state index in [1.165, 1.54) is 0 Å². The summed E-state index contributed by atoms with van der Waals surface area (Å²) < 4.78 is 38.9. The Morgan fingerprint density at radius 1 is 1.31 bits per heavy atom. The van der Waals surface area contributed by atoms with Crippen molar-refractivity contribution in [1.82, 2.24) is 5.32 Å². The van der Waals surface area contributed by atoms with Gasteiger partial charge in [-0.1, -0.05) is 0 Å². The Bertz CT molecular complexity index is 427. The molecule has 1 fully saturated rings. The summed E-state index contributed by atoms with van der Waals surface area (Å²) >= 11 is 0. The van der Waals surface area contributed by atoms with E-state index in [2.05, 4.69) is 5.32 Å². The summed E-state index contributed by atoms with van der Waals surface area (Å²) in [5.74, 6) is -4.41. The van der Waals surface area contributed by atoms with Gasteiger partial charge < -0.3 is 11.1 Å². The first-order valence-corrected chi connectivity index (χ1v) is 4.70. The minimum Gasteiger partial charge on any atom is -0.347 e. The van der Waals surface area contributed by atoms with E-state index in [0.29, 0.717) is 18.6 Å². The average molecular weight is 230 g/mol. The highest BCUT2D eigenvalue weighted by Crippen LogP contribution is 2.20. The molecule has 3 nitrogen and oxygen atoms in total. The highest BCUT2D eigenvalue weighted by Gasteiger charge is 2.36. The third kappa shape index (κ3) is 2.01. The number of hydrogen-bond donors (Lipinski definition) is 2. The molecule has 0 saturated heterocycles. The maximum atomic E-state index is 13.2. The first kappa shape index (κ1) is 10.9. The smallest absolute Gasteiger partial charge is 0.257 e. The first-order valence-electron chi connectivity index (χ1n) is 4.70. The fourth-order valence-electron chi connectivity index (χ4n) is 1.38. The summed E-state index contributed by atoms with van der Waals surface area (Å²) in [7, 11) is 0. The van der Waals surface area contributed by atoms with Crippen LogP contribution in [0.25, 0.3) is 0 Å². The first-order chi connectivity index (χ1) is 7.49. The molecule has 0 aliphatic heterocycles. The highest BCUT2D eigenvalue weighted by molar-refractivity contribution is 5.95. The van der Waals surface area contributed by atoms with Crippen molar-refractivity contribution in [3.8, 4) is 0 Å². The van der Waals surface area contributed by atoms with E-state index >= 15 is 0 Å². The molecule has 1 amide bonds. The lowest BCUT2D eigenvalue weighted by Crippen LogP contribution is -2.31. The Morgan fingerprint density at radius 3 is 2.25 bits per heavy atom. The molecule has 1 aliphatic rings. The van der Waals surface area contributed by atoms with E-state index in [9.17, 15) is 18.0 Å². The van der Waals surface area contributed by atoms with Gasteiger partial charge in [0.25, 0.3) is 5.91 Å². The fraction of sp³-hybridized carbons (Fsp3) is 0.300. The molecule has 0 spiro atoms. The van der Waals surface area contributed by atoms with Gasteiger partial charge in [0.2, 0.25) is 0 Å². The van der Waals surface area contributed by atoms with Crippen LogP contribution in [0.15, 0.2) is 12.1 Å². The van der Waals surface area contributed by atoms with Crippen molar-refractivity contribution >= 4 is 5.91 Å². The molecule has 2 atom stereocenters. The van der Waals surface area contributed by atoms with Gasteiger partial charge in [-0.2, -0.15) is 0 Å². The van der Waals surface area contributed by atoms with Crippen molar-refractivity contribution in [3.63, 3.8) is 0 Å². The third-order valence-corrected chi connectivity index (χ3v) is 2.39. The lowest BCUT2D eigenvalue weighted by molar-refractivity contribution is 0.0941. The Labute approximate surface area is 89.4 Å². The topological polar surface area (TPSA) is 55.1 Å². The van der Waals surface area contributed by atoms with Crippen molar-refractivity contribution in [2.75, 3.05) is 0 Å². The van der Waals surface area contributed by atoms with Crippen LogP contribution in [0.4, 0.5) is 13.2 Å². The van der Waals surface area contributed by atoms with E-state index in [4.69, 9.17) is 5.73 Å². The molecule has 0 heterocycles. The molecule has 1 aromatic rings. The van der Waals surface area contributed by atoms with Gasteiger partial charge >= 0.3 is 0 Å². The lowest BCUT2D eigenvalue weighted by Gasteiger charge is -2.06. The van der Waals surface area contributed by atoms with Gasteiger partial charge in [0.1, 0.15) is 23.0 Å². The zero-order chi connectivity index (χ0) is 11.9. The molecule has 86 valence electrons. The summed E-state index contributed by atoms with van der Waals surface area (Å²) in [6.07, 6.45) is 0.580. The van der Waals surface area contributed by atoms with Crippen molar-refractivity contribution in [2.45, 2.75) is 18.5 Å². The molecular formula is C10H9F3N2O. The number of rotatable bonds is 2. The third-order valence-electron chi connectivity index (χ3n) is 2.39. The molecule has 0 aromatic heterocycles. The number of halogens is 3. The van der Waals surface area contributed by atoms with Gasteiger partial charge in [0.05, 0.1) is 0 Å². The van der Waals surface area contributed by atoms with Crippen LogP contribution in [0, 0.1) is 17.5 Å². The molecule has 0 bridgehead atoms. The molecular weight excluding hydrogens is 221 g/mol. The maximum absolute atomic E-state index is 13.2. The van der Waals surface area contributed by atoms with Gasteiger partial charge in [-0.05, 0) is 6.42 Å². The van der Waals surface area contributed by atoms with E-state index in [-0.39, 0.29) is 12.1 Å². The minimum absolute atomic E-state index is 0.171. The molecule has 16 heavy (non-hydrogen) atoms. The van der Waals surface area contributed by atoms with Crippen LogP contribution < -0.4 is 11.1 Å². The van der Waals surface area contributed by atoms with Gasteiger partial charge in [-0.25, -0.2) is 13.2 Å². The van der Waals surface area contributed by atoms with Crippen LogP contribution in [0.2, 0.25) is 0 Å². The van der Waals surface area contributed by atoms with Crippen molar-refractivity contribution in [1.29, 1.82) is 0 Å². The summed E-state index contributed by atoms with van der Waals surface area (Å²) in [5.41, 5.74) is 4.65. The second-order valence-corrected chi connectivity index (χ2v) is 3.72. The lowest BCUT2D eigenvalue weighted by atomic mass is 10.2. The van der Waals surface area contributed by atoms with Crippen LogP contribution in [-0.4, -0.2) is 18.0 Å². The summed E-state index contributed by atoms with van der Waals surface area (Å²) in [6, 6.07) is 0.502. The monoisotopic (exact) mass is 230 g/mol. The predicted octanol–water partition coefficient (Wildman–Crippen LogP) is 0.933. The van der Waals surface area contributed by atoms with E-state index in [0.717, 1.165) is 0 Å². The Hall–Kier alpha value is -1.56. The predicted molar refractivity (Wildman–Crippen MR) is 50.2 cm³/mol. The second kappa shape index (κ2) is 3.79.